The normalized spacial score (nSPS) is 13.9. The molecular weight excluding hydrogens is 308 g/mol. The second-order valence-corrected chi connectivity index (χ2v) is 6.47. The summed E-state index contributed by atoms with van der Waals surface area (Å²) in [6.45, 7) is 5.00. The molecule has 0 aromatic carbocycles. The first-order valence-electron chi connectivity index (χ1n) is 6.55. The van der Waals surface area contributed by atoms with Gasteiger partial charge in [0.2, 0.25) is 5.91 Å². The number of ether oxygens (including phenoxy) is 2. The Bertz CT molecular complexity index is 536. The van der Waals surface area contributed by atoms with Crippen molar-refractivity contribution in [3.8, 4) is 0 Å². The zero-order valence-electron chi connectivity index (χ0n) is 12.9. The van der Waals surface area contributed by atoms with Gasteiger partial charge in [-0.1, -0.05) is 6.07 Å². The number of thiophene rings is 1. The number of methoxy groups -OCH3 is 1. The number of carbonyl (C=O) groups excluding carboxylic acids is 3. The summed E-state index contributed by atoms with van der Waals surface area (Å²) in [5, 5.41) is 4.16. The predicted octanol–water partition coefficient (Wildman–Crippen LogP) is 0.747. The van der Waals surface area contributed by atoms with Crippen LogP contribution >= 0.6 is 11.3 Å². The molecule has 122 valence electrons. The summed E-state index contributed by atoms with van der Waals surface area (Å²) in [6.07, 6.45) is 0. The van der Waals surface area contributed by atoms with Gasteiger partial charge in [0.25, 0.3) is 0 Å². The van der Waals surface area contributed by atoms with Gasteiger partial charge in [0.15, 0.2) is 12.1 Å². The van der Waals surface area contributed by atoms with Crippen molar-refractivity contribution in [2.45, 2.75) is 38.5 Å². The Kier molecular flexibility index (Phi) is 6.07. The standard InChI is InChI=1S/C14H20N2O5S/c1-14(2,3)21-12(18)9(15)11(17)16-10(13(19)20-4)8-6-5-7-22-8/h5-7,9-10H,15H2,1-4H3,(H,16,17). The Morgan fingerprint density at radius 3 is 2.36 bits per heavy atom. The first-order valence-corrected chi connectivity index (χ1v) is 7.43. The molecule has 1 aromatic rings. The Labute approximate surface area is 132 Å². The molecule has 0 bridgehead atoms. The van der Waals surface area contributed by atoms with Gasteiger partial charge in [0.1, 0.15) is 5.60 Å². The van der Waals surface area contributed by atoms with Crippen molar-refractivity contribution in [2.24, 2.45) is 5.73 Å². The highest BCUT2D eigenvalue weighted by molar-refractivity contribution is 7.10. The van der Waals surface area contributed by atoms with E-state index in [1.807, 2.05) is 0 Å². The number of hydrogen-bond donors (Lipinski definition) is 2. The van der Waals surface area contributed by atoms with Gasteiger partial charge in [-0.3, -0.25) is 4.79 Å². The second kappa shape index (κ2) is 7.37. The molecule has 0 saturated carbocycles. The highest BCUT2D eigenvalue weighted by Crippen LogP contribution is 2.20. The maximum Gasteiger partial charge on any atom is 0.333 e. The molecule has 1 rings (SSSR count). The van der Waals surface area contributed by atoms with Gasteiger partial charge in [0, 0.05) is 4.88 Å². The minimum atomic E-state index is -1.52. The fraction of sp³-hybridized carbons (Fsp3) is 0.500. The van der Waals surface area contributed by atoms with Crippen molar-refractivity contribution in [3.05, 3.63) is 22.4 Å². The summed E-state index contributed by atoms with van der Waals surface area (Å²) in [5.74, 6) is -2.31. The summed E-state index contributed by atoms with van der Waals surface area (Å²) in [6, 6.07) is 0.874. The molecule has 1 aromatic heterocycles. The van der Waals surface area contributed by atoms with Gasteiger partial charge in [-0.25, -0.2) is 9.59 Å². The fourth-order valence-corrected chi connectivity index (χ4v) is 2.29. The largest absolute Gasteiger partial charge is 0.467 e. The van der Waals surface area contributed by atoms with Crippen LogP contribution in [0.15, 0.2) is 17.5 Å². The SMILES string of the molecule is COC(=O)C(NC(=O)C(N)C(=O)OC(C)(C)C)c1cccs1. The van der Waals surface area contributed by atoms with E-state index in [-0.39, 0.29) is 0 Å². The minimum Gasteiger partial charge on any atom is -0.467 e. The number of nitrogens with one attached hydrogen (secondary N) is 1. The van der Waals surface area contributed by atoms with Crippen molar-refractivity contribution in [2.75, 3.05) is 7.11 Å². The Hall–Kier alpha value is -1.93. The van der Waals surface area contributed by atoms with Crippen LogP contribution in [0.3, 0.4) is 0 Å². The first-order chi connectivity index (χ1) is 10.2. The van der Waals surface area contributed by atoms with Crippen molar-refractivity contribution < 1.29 is 23.9 Å². The van der Waals surface area contributed by atoms with Crippen LogP contribution in [0.1, 0.15) is 31.7 Å². The van der Waals surface area contributed by atoms with Crippen LogP contribution in [-0.4, -0.2) is 36.6 Å². The molecule has 8 heteroatoms. The van der Waals surface area contributed by atoms with Crippen LogP contribution in [0, 0.1) is 0 Å². The quantitative estimate of drug-likeness (QED) is 0.610. The topological polar surface area (TPSA) is 108 Å². The summed E-state index contributed by atoms with van der Waals surface area (Å²) in [4.78, 5) is 36.2. The fourth-order valence-electron chi connectivity index (χ4n) is 1.52. The molecule has 0 fully saturated rings. The molecule has 1 heterocycles. The van der Waals surface area contributed by atoms with Crippen LogP contribution < -0.4 is 11.1 Å². The number of carbonyl (C=O) groups is 3. The summed E-state index contributed by atoms with van der Waals surface area (Å²) in [7, 11) is 1.21. The van der Waals surface area contributed by atoms with Crippen LogP contribution in [-0.2, 0) is 23.9 Å². The minimum absolute atomic E-state index is 0.580. The molecule has 22 heavy (non-hydrogen) atoms. The number of esters is 2. The average molecular weight is 328 g/mol. The van der Waals surface area contributed by atoms with E-state index in [4.69, 9.17) is 10.5 Å². The molecule has 0 aliphatic heterocycles. The lowest BCUT2D eigenvalue weighted by atomic mass is 10.1. The summed E-state index contributed by atoms with van der Waals surface area (Å²) < 4.78 is 9.70. The zero-order chi connectivity index (χ0) is 16.9. The van der Waals surface area contributed by atoms with Crippen molar-refractivity contribution in [1.29, 1.82) is 0 Å². The molecule has 0 radical (unpaired) electrons. The molecule has 0 aliphatic carbocycles. The van der Waals surface area contributed by atoms with Crippen LogP contribution in [0.2, 0.25) is 0 Å². The zero-order valence-corrected chi connectivity index (χ0v) is 13.7. The first kappa shape index (κ1) is 18.1. The molecule has 1 amide bonds. The van der Waals surface area contributed by atoms with E-state index in [1.54, 1.807) is 38.3 Å². The lowest BCUT2D eigenvalue weighted by molar-refractivity contribution is -0.159. The van der Waals surface area contributed by atoms with Crippen LogP contribution in [0.25, 0.3) is 0 Å². The number of hydrogen-bond acceptors (Lipinski definition) is 7. The molecular formula is C14H20N2O5S. The summed E-state index contributed by atoms with van der Waals surface area (Å²) >= 11 is 1.27. The molecule has 0 saturated heterocycles. The summed E-state index contributed by atoms with van der Waals surface area (Å²) in [5.41, 5.74) is 4.82. The number of rotatable bonds is 5. The third-order valence-corrected chi connectivity index (χ3v) is 3.43. The Balaban J connectivity index is 2.79. The maximum atomic E-state index is 12.1. The molecule has 3 N–H and O–H groups in total. The maximum absolute atomic E-state index is 12.1. The van der Waals surface area contributed by atoms with Gasteiger partial charge in [-0.05, 0) is 32.2 Å². The van der Waals surface area contributed by atoms with Gasteiger partial charge in [-0.15, -0.1) is 11.3 Å². The molecule has 2 atom stereocenters. The van der Waals surface area contributed by atoms with Crippen molar-refractivity contribution >= 4 is 29.2 Å². The smallest absolute Gasteiger partial charge is 0.333 e. The molecule has 0 spiro atoms. The van der Waals surface area contributed by atoms with Crippen molar-refractivity contribution in [1.82, 2.24) is 5.32 Å². The highest BCUT2D eigenvalue weighted by atomic mass is 32.1. The number of nitrogens with two attached hydrogens (primary N) is 1. The van der Waals surface area contributed by atoms with E-state index < -0.39 is 35.5 Å². The lowest BCUT2D eigenvalue weighted by Gasteiger charge is -2.23. The Morgan fingerprint density at radius 2 is 1.91 bits per heavy atom. The van der Waals surface area contributed by atoms with Gasteiger partial charge in [-0.2, -0.15) is 0 Å². The van der Waals surface area contributed by atoms with Crippen molar-refractivity contribution in [3.63, 3.8) is 0 Å². The van der Waals surface area contributed by atoms with Gasteiger partial charge >= 0.3 is 11.9 Å². The van der Waals surface area contributed by atoms with E-state index >= 15 is 0 Å². The van der Waals surface area contributed by atoms with E-state index in [0.717, 1.165) is 0 Å². The molecule has 7 nitrogen and oxygen atoms in total. The monoisotopic (exact) mass is 328 g/mol. The van der Waals surface area contributed by atoms with E-state index in [1.165, 1.54) is 18.4 Å². The third kappa shape index (κ3) is 5.12. The molecule has 0 aliphatic rings. The van der Waals surface area contributed by atoms with Gasteiger partial charge in [0.05, 0.1) is 7.11 Å². The van der Waals surface area contributed by atoms with E-state index in [9.17, 15) is 14.4 Å². The third-order valence-electron chi connectivity index (χ3n) is 2.49. The lowest BCUT2D eigenvalue weighted by Crippen LogP contribution is -2.50. The average Bonchev–Trinajstić information content (AvgIpc) is 2.94. The molecule has 2 unspecified atom stereocenters. The second-order valence-electron chi connectivity index (χ2n) is 5.49. The Morgan fingerprint density at radius 1 is 1.27 bits per heavy atom. The highest BCUT2D eigenvalue weighted by Gasteiger charge is 2.32. The van der Waals surface area contributed by atoms with E-state index in [0.29, 0.717) is 4.88 Å². The van der Waals surface area contributed by atoms with Gasteiger partial charge < -0.3 is 20.5 Å². The predicted molar refractivity (Wildman–Crippen MR) is 81.0 cm³/mol. The van der Waals surface area contributed by atoms with E-state index in [2.05, 4.69) is 10.1 Å². The van der Waals surface area contributed by atoms with Crippen LogP contribution in [0.5, 0.6) is 0 Å². The number of amides is 1. The van der Waals surface area contributed by atoms with Crippen LogP contribution in [0.4, 0.5) is 0 Å².